The van der Waals surface area contributed by atoms with Crippen LogP contribution in [-0.4, -0.2) is 60.6 Å². The summed E-state index contributed by atoms with van der Waals surface area (Å²) in [6, 6.07) is 7.05. The van der Waals surface area contributed by atoms with Crippen molar-refractivity contribution < 1.29 is 14.3 Å². The van der Waals surface area contributed by atoms with Gasteiger partial charge in [0.25, 0.3) is 5.91 Å². The first-order chi connectivity index (χ1) is 12.2. The summed E-state index contributed by atoms with van der Waals surface area (Å²) in [5.74, 6) is 0.0419. The molecule has 3 rings (SSSR count). The van der Waals surface area contributed by atoms with Crippen LogP contribution in [0.3, 0.4) is 0 Å². The standard InChI is InChI=1S/C19H27N3O3/c1-2-21(14-17-9-6-12-25-17)19(24)20-16-8-5-7-15(13-16)18(23)22-10-3-4-11-22/h5,7-8,13,17H,2-4,6,9-12,14H2,1H3,(H,20,24)/t17-/m0/s1. The van der Waals surface area contributed by atoms with Crippen LogP contribution in [0.5, 0.6) is 0 Å². The van der Waals surface area contributed by atoms with Gasteiger partial charge < -0.3 is 19.9 Å². The summed E-state index contributed by atoms with van der Waals surface area (Å²) in [6.07, 6.45) is 4.33. The number of carbonyl (C=O) groups is 2. The van der Waals surface area contributed by atoms with E-state index in [4.69, 9.17) is 4.74 Å². The molecule has 3 amide bonds. The molecule has 1 N–H and O–H groups in total. The summed E-state index contributed by atoms with van der Waals surface area (Å²) in [4.78, 5) is 28.7. The number of hydrogen-bond acceptors (Lipinski definition) is 3. The molecule has 0 aromatic heterocycles. The van der Waals surface area contributed by atoms with Crippen molar-refractivity contribution in [3.8, 4) is 0 Å². The highest BCUT2D eigenvalue weighted by atomic mass is 16.5. The summed E-state index contributed by atoms with van der Waals surface area (Å²) >= 11 is 0. The van der Waals surface area contributed by atoms with E-state index in [1.807, 2.05) is 24.0 Å². The summed E-state index contributed by atoms with van der Waals surface area (Å²) in [6.45, 7) is 5.61. The van der Waals surface area contributed by atoms with Crippen molar-refractivity contribution in [1.82, 2.24) is 9.80 Å². The molecule has 0 bridgehead atoms. The first-order valence-corrected chi connectivity index (χ1v) is 9.24. The maximum Gasteiger partial charge on any atom is 0.321 e. The van der Waals surface area contributed by atoms with Crippen LogP contribution in [0.1, 0.15) is 43.0 Å². The topological polar surface area (TPSA) is 61.9 Å². The van der Waals surface area contributed by atoms with Crippen LogP contribution in [0.25, 0.3) is 0 Å². The molecule has 0 aliphatic carbocycles. The van der Waals surface area contributed by atoms with Gasteiger partial charge >= 0.3 is 6.03 Å². The van der Waals surface area contributed by atoms with Gasteiger partial charge in [-0.15, -0.1) is 0 Å². The van der Waals surface area contributed by atoms with Gasteiger partial charge in [0.15, 0.2) is 0 Å². The lowest BCUT2D eigenvalue weighted by Gasteiger charge is -2.24. The average Bonchev–Trinajstić information content (AvgIpc) is 3.32. The lowest BCUT2D eigenvalue weighted by molar-refractivity contribution is 0.0793. The van der Waals surface area contributed by atoms with E-state index >= 15 is 0 Å². The van der Waals surface area contributed by atoms with E-state index in [1.54, 1.807) is 17.0 Å². The summed E-state index contributed by atoms with van der Waals surface area (Å²) < 4.78 is 5.62. The number of nitrogens with one attached hydrogen (secondary N) is 1. The van der Waals surface area contributed by atoms with Crippen LogP contribution in [0.4, 0.5) is 10.5 Å². The second-order valence-electron chi connectivity index (χ2n) is 6.68. The maximum absolute atomic E-state index is 12.5. The molecule has 0 spiro atoms. The molecule has 1 aromatic carbocycles. The zero-order chi connectivity index (χ0) is 17.6. The quantitative estimate of drug-likeness (QED) is 0.892. The number of benzene rings is 1. The third kappa shape index (κ3) is 4.51. The first kappa shape index (κ1) is 17.7. The summed E-state index contributed by atoms with van der Waals surface area (Å²) in [5.41, 5.74) is 1.28. The molecule has 2 aliphatic heterocycles. The Morgan fingerprint density at radius 2 is 2.08 bits per heavy atom. The van der Waals surface area contributed by atoms with Gasteiger partial charge in [-0.1, -0.05) is 6.07 Å². The highest BCUT2D eigenvalue weighted by Gasteiger charge is 2.22. The van der Waals surface area contributed by atoms with Crippen LogP contribution in [-0.2, 0) is 4.74 Å². The van der Waals surface area contributed by atoms with Gasteiger partial charge in [0, 0.05) is 44.0 Å². The Morgan fingerprint density at radius 3 is 2.76 bits per heavy atom. The molecule has 25 heavy (non-hydrogen) atoms. The number of rotatable bonds is 5. The lowest BCUT2D eigenvalue weighted by atomic mass is 10.1. The molecule has 0 saturated carbocycles. The van der Waals surface area contributed by atoms with E-state index in [1.165, 1.54) is 0 Å². The maximum atomic E-state index is 12.5. The molecule has 0 unspecified atom stereocenters. The number of hydrogen-bond donors (Lipinski definition) is 1. The molecular formula is C19H27N3O3. The van der Waals surface area contributed by atoms with Crippen LogP contribution in [0, 0.1) is 0 Å². The van der Waals surface area contributed by atoms with Crippen molar-refractivity contribution in [2.24, 2.45) is 0 Å². The monoisotopic (exact) mass is 345 g/mol. The molecule has 6 nitrogen and oxygen atoms in total. The fraction of sp³-hybridized carbons (Fsp3) is 0.579. The Balaban J connectivity index is 1.61. The van der Waals surface area contributed by atoms with Crippen LogP contribution in [0.15, 0.2) is 24.3 Å². The van der Waals surface area contributed by atoms with E-state index < -0.39 is 0 Å². The second-order valence-corrected chi connectivity index (χ2v) is 6.68. The SMILES string of the molecule is CCN(C[C@@H]1CCCO1)C(=O)Nc1cccc(C(=O)N2CCCC2)c1. The van der Waals surface area contributed by atoms with Crippen LogP contribution >= 0.6 is 0 Å². The highest BCUT2D eigenvalue weighted by Crippen LogP contribution is 2.18. The minimum Gasteiger partial charge on any atom is -0.376 e. The highest BCUT2D eigenvalue weighted by molar-refractivity contribution is 5.97. The Kier molecular flexibility index (Phi) is 5.91. The predicted octanol–water partition coefficient (Wildman–Crippen LogP) is 2.96. The van der Waals surface area contributed by atoms with Gasteiger partial charge in [0.1, 0.15) is 0 Å². The zero-order valence-corrected chi connectivity index (χ0v) is 14.9. The molecule has 2 heterocycles. The molecular weight excluding hydrogens is 318 g/mol. The number of anilines is 1. The molecule has 1 aromatic rings. The van der Waals surface area contributed by atoms with Crippen molar-refractivity contribution in [3.05, 3.63) is 29.8 Å². The van der Waals surface area contributed by atoms with Crippen molar-refractivity contribution in [1.29, 1.82) is 0 Å². The van der Waals surface area contributed by atoms with E-state index in [0.717, 1.165) is 45.4 Å². The number of carbonyl (C=O) groups excluding carboxylic acids is 2. The van der Waals surface area contributed by atoms with Gasteiger partial charge in [-0.3, -0.25) is 4.79 Å². The molecule has 2 aliphatic rings. The molecule has 2 fully saturated rings. The summed E-state index contributed by atoms with van der Waals surface area (Å²) in [7, 11) is 0. The average molecular weight is 345 g/mol. The minimum atomic E-state index is -0.149. The minimum absolute atomic E-state index is 0.0419. The van der Waals surface area contributed by atoms with Crippen molar-refractivity contribution >= 4 is 17.6 Å². The molecule has 0 radical (unpaired) electrons. The Morgan fingerprint density at radius 1 is 1.28 bits per heavy atom. The predicted molar refractivity (Wildman–Crippen MR) is 96.8 cm³/mol. The third-order valence-electron chi connectivity index (χ3n) is 4.87. The van der Waals surface area contributed by atoms with Gasteiger partial charge in [-0.2, -0.15) is 0 Å². The van der Waals surface area contributed by atoms with Crippen molar-refractivity contribution in [2.75, 3.05) is 38.1 Å². The van der Waals surface area contributed by atoms with E-state index in [-0.39, 0.29) is 18.0 Å². The van der Waals surface area contributed by atoms with Crippen molar-refractivity contribution in [3.63, 3.8) is 0 Å². The number of urea groups is 1. The molecule has 1 atom stereocenters. The number of nitrogens with zero attached hydrogens (tertiary/aromatic N) is 2. The lowest BCUT2D eigenvalue weighted by Crippen LogP contribution is -2.40. The van der Waals surface area contributed by atoms with E-state index in [9.17, 15) is 9.59 Å². The zero-order valence-electron chi connectivity index (χ0n) is 14.9. The number of amides is 3. The normalized spacial score (nSPS) is 19.9. The number of likely N-dealkylation sites (tertiary alicyclic amines) is 1. The van der Waals surface area contributed by atoms with Gasteiger partial charge in [0.2, 0.25) is 0 Å². The summed E-state index contributed by atoms with van der Waals surface area (Å²) in [5, 5.41) is 2.91. The van der Waals surface area contributed by atoms with E-state index in [0.29, 0.717) is 24.3 Å². The van der Waals surface area contributed by atoms with Crippen LogP contribution < -0.4 is 5.32 Å². The number of ether oxygens (including phenoxy) is 1. The smallest absolute Gasteiger partial charge is 0.321 e. The fourth-order valence-corrected chi connectivity index (χ4v) is 3.43. The fourth-order valence-electron chi connectivity index (χ4n) is 3.43. The second kappa shape index (κ2) is 8.34. The molecule has 2 saturated heterocycles. The Labute approximate surface area is 149 Å². The van der Waals surface area contributed by atoms with Gasteiger partial charge in [0.05, 0.1) is 6.10 Å². The molecule has 136 valence electrons. The molecule has 6 heteroatoms. The van der Waals surface area contributed by atoms with Crippen LogP contribution in [0.2, 0.25) is 0 Å². The first-order valence-electron chi connectivity index (χ1n) is 9.24. The van der Waals surface area contributed by atoms with Crippen molar-refractivity contribution in [2.45, 2.75) is 38.7 Å². The van der Waals surface area contributed by atoms with Gasteiger partial charge in [-0.05, 0) is 50.8 Å². The van der Waals surface area contributed by atoms with E-state index in [2.05, 4.69) is 5.32 Å². The number of likely N-dealkylation sites (N-methyl/N-ethyl adjacent to an activating group) is 1. The van der Waals surface area contributed by atoms with Gasteiger partial charge in [-0.25, -0.2) is 4.79 Å². The largest absolute Gasteiger partial charge is 0.376 e. The third-order valence-corrected chi connectivity index (χ3v) is 4.87. The Hall–Kier alpha value is -2.08. The Bertz CT molecular complexity index is 608.